The van der Waals surface area contributed by atoms with E-state index in [4.69, 9.17) is 30.5 Å². The maximum atomic E-state index is 13.6. The van der Waals surface area contributed by atoms with Crippen molar-refractivity contribution >= 4 is 34.8 Å². The summed E-state index contributed by atoms with van der Waals surface area (Å²) in [5.41, 5.74) is -0.804. The second kappa shape index (κ2) is 8.57. The Kier molecular flexibility index (Phi) is 5.91. The largest absolute Gasteiger partial charge is 0.496 e. The lowest BCUT2D eigenvalue weighted by Gasteiger charge is -2.35. The van der Waals surface area contributed by atoms with Crippen molar-refractivity contribution in [2.24, 2.45) is 5.92 Å². The van der Waals surface area contributed by atoms with Gasteiger partial charge in [-0.25, -0.2) is 4.79 Å². The summed E-state index contributed by atoms with van der Waals surface area (Å²) < 4.78 is 21.9. The molecule has 10 heteroatoms. The number of nitrogens with one attached hydrogen (secondary N) is 1. The molecule has 2 aliphatic rings. The van der Waals surface area contributed by atoms with Gasteiger partial charge in [0.15, 0.2) is 5.75 Å². The van der Waals surface area contributed by atoms with Gasteiger partial charge in [-0.3, -0.25) is 9.59 Å². The van der Waals surface area contributed by atoms with E-state index in [9.17, 15) is 19.5 Å². The van der Waals surface area contributed by atoms with Gasteiger partial charge in [-0.05, 0) is 24.6 Å². The molecule has 0 unspecified atom stereocenters. The normalized spacial score (nSPS) is 21.0. The van der Waals surface area contributed by atoms with Crippen LogP contribution in [0.1, 0.15) is 34.1 Å². The molecule has 2 atom stereocenters. The first-order valence-corrected chi connectivity index (χ1v) is 10.7. The van der Waals surface area contributed by atoms with Gasteiger partial charge in [-0.1, -0.05) is 18.5 Å². The molecule has 0 aromatic heterocycles. The molecule has 2 aromatic rings. The smallest absolute Gasteiger partial charge is 0.335 e. The van der Waals surface area contributed by atoms with Crippen LogP contribution in [0.25, 0.3) is 0 Å². The number of carboxylic acids is 1. The van der Waals surface area contributed by atoms with Gasteiger partial charge >= 0.3 is 5.97 Å². The van der Waals surface area contributed by atoms with Crippen LogP contribution in [-0.2, 0) is 4.79 Å². The van der Waals surface area contributed by atoms with Gasteiger partial charge in [0, 0.05) is 23.8 Å². The number of hydrogen-bond donors (Lipinski definition) is 2. The van der Waals surface area contributed by atoms with Gasteiger partial charge in [-0.15, -0.1) is 0 Å². The zero-order valence-corrected chi connectivity index (χ0v) is 19.6. The minimum atomic E-state index is -1.80. The number of hydrogen-bond acceptors (Lipinski definition) is 8. The number of anilines is 1. The molecule has 34 heavy (non-hydrogen) atoms. The summed E-state index contributed by atoms with van der Waals surface area (Å²) in [6.45, 7) is 1.72. The predicted molar refractivity (Wildman–Crippen MR) is 123 cm³/mol. The molecule has 0 bridgehead atoms. The van der Waals surface area contributed by atoms with Crippen molar-refractivity contribution in [2.75, 3.05) is 26.6 Å². The summed E-state index contributed by atoms with van der Waals surface area (Å²) in [6.07, 6.45) is 1.54. The summed E-state index contributed by atoms with van der Waals surface area (Å²) in [4.78, 5) is 38.3. The van der Waals surface area contributed by atoms with E-state index in [1.165, 1.54) is 51.7 Å². The number of Topliss-reactive ketones (excluding diaryl/α,β-unsaturated/α-hetero) is 1. The van der Waals surface area contributed by atoms with Crippen molar-refractivity contribution in [3.63, 3.8) is 0 Å². The molecule has 0 amide bonds. The van der Waals surface area contributed by atoms with E-state index in [2.05, 4.69) is 5.32 Å². The molecule has 1 spiro atoms. The number of benzene rings is 2. The Morgan fingerprint density at radius 1 is 1.12 bits per heavy atom. The van der Waals surface area contributed by atoms with E-state index in [0.29, 0.717) is 17.1 Å². The summed E-state index contributed by atoms with van der Waals surface area (Å²) in [6, 6.07) is 5.82. The fourth-order valence-electron chi connectivity index (χ4n) is 4.33. The average molecular weight is 488 g/mol. The van der Waals surface area contributed by atoms with E-state index < -0.39 is 29.1 Å². The quantitative estimate of drug-likeness (QED) is 0.582. The third kappa shape index (κ3) is 3.43. The topological polar surface area (TPSA) is 120 Å². The highest BCUT2D eigenvalue weighted by Crippen LogP contribution is 2.53. The Labute approximate surface area is 200 Å². The van der Waals surface area contributed by atoms with Crippen LogP contribution in [0.2, 0.25) is 5.02 Å². The third-order valence-corrected chi connectivity index (χ3v) is 6.41. The van der Waals surface area contributed by atoms with Crippen molar-refractivity contribution in [1.29, 1.82) is 0 Å². The van der Waals surface area contributed by atoms with Crippen LogP contribution < -0.4 is 24.3 Å². The number of carbonyl (C=O) groups excluding carboxylic acids is 2. The predicted octanol–water partition coefficient (Wildman–Crippen LogP) is 3.98. The van der Waals surface area contributed by atoms with Crippen molar-refractivity contribution in [1.82, 2.24) is 0 Å². The zero-order chi connectivity index (χ0) is 24.8. The standard InChI is InChI=1S/C24H22ClNO8/c1-11-7-13(26-14-8-12(23(29)30)5-6-15(14)31-2)9-18(27)24(11)22(28)19-16(32-3)10-17(33-4)20(25)21(19)34-24/h5-6,8-11,26H,7H2,1-4H3,(H,29,30)/t11-,24+/m1/s1. The van der Waals surface area contributed by atoms with Crippen LogP contribution in [0.4, 0.5) is 5.69 Å². The summed E-state index contributed by atoms with van der Waals surface area (Å²) in [5, 5.41) is 12.4. The second-order valence-corrected chi connectivity index (χ2v) is 8.33. The number of methoxy groups -OCH3 is 3. The van der Waals surface area contributed by atoms with Gasteiger partial charge in [0.1, 0.15) is 27.8 Å². The first-order chi connectivity index (χ1) is 16.2. The highest BCUT2D eigenvalue weighted by molar-refractivity contribution is 6.36. The number of fused-ring (bicyclic) bond motifs is 1. The molecule has 1 aliphatic carbocycles. The number of carboxylic acid groups (broad SMARTS) is 1. The third-order valence-electron chi connectivity index (χ3n) is 6.05. The van der Waals surface area contributed by atoms with Crippen molar-refractivity contribution < 1.29 is 38.4 Å². The Bertz CT molecular complexity index is 1250. The first kappa shape index (κ1) is 23.4. The van der Waals surface area contributed by atoms with Crippen LogP contribution in [-0.4, -0.2) is 49.6 Å². The monoisotopic (exact) mass is 487 g/mol. The molecule has 0 fully saturated rings. The molecular formula is C24H22ClNO8. The highest BCUT2D eigenvalue weighted by Gasteiger charge is 2.60. The van der Waals surface area contributed by atoms with E-state index in [1.54, 1.807) is 6.92 Å². The SMILES string of the molecule is COc1ccc(C(=O)O)cc1NC1=CC(=O)[C@@]2(Oc3c(Cl)c(OC)cc(OC)c3C2=O)[C@H](C)C1. The molecule has 178 valence electrons. The highest BCUT2D eigenvalue weighted by atomic mass is 35.5. The van der Waals surface area contributed by atoms with E-state index >= 15 is 0 Å². The number of halogens is 1. The lowest BCUT2D eigenvalue weighted by molar-refractivity contribution is -0.129. The summed E-state index contributed by atoms with van der Waals surface area (Å²) in [5.74, 6) is -1.91. The lowest BCUT2D eigenvalue weighted by atomic mass is 9.74. The molecule has 4 rings (SSSR count). The number of aromatic carboxylic acids is 1. The molecule has 2 N–H and O–H groups in total. The Morgan fingerprint density at radius 3 is 2.38 bits per heavy atom. The van der Waals surface area contributed by atoms with Crippen LogP contribution in [0.15, 0.2) is 36.0 Å². The Morgan fingerprint density at radius 2 is 1.79 bits per heavy atom. The van der Waals surface area contributed by atoms with Crippen molar-refractivity contribution in [2.45, 2.75) is 18.9 Å². The fourth-order valence-corrected chi connectivity index (χ4v) is 4.59. The van der Waals surface area contributed by atoms with E-state index in [1.807, 2.05) is 0 Å². The van der Waals surface area contributed by atoms with E-state index in [0.717, 1.165) is 0 Å². The molecule has 0 radical (unpaired) electrons. The second-order valence-electron chi connectivity index (χ2n) is 7.95. The maximum absolute atomic E-state index is 13.6. The Hall–Kier alpha value is -3.72. The van der Waals surface area contributed by atoms with E-state index in [-0.39, 0.29) is 39.8 Å². The zero-order valence-electron chi connectivity index (χ0n) is 18.9. The van der Waals surface area contributed by atoms with Gasteiger partial charge in [0.2, 0.25) is 17.2 Å². The maximum Gasteiger partial charge on any atom is 0.335 e. The molecule has 1 heterocycles. The number of allylic oxidation sites excluding steroid dienone is 1. The summed E-state index contributed by atoms with van der Waals surface area (Å²) >= 11 is 6.40. The fraction of sp³-hybridized carbons (Fsp3) is 0.292. The molecule has 0 saturated heterocycles. The molecule has 2 aromatic carbocycles. The Balaban J connectivity index is 1.72. The van der Waals surface area contributed by atoms with Crippen LogP contribution in [0.3, 0.4) is 0 Å². The number of carbonyl (C=O) groups is 3. The molecular weight excluding hydrogens is 466 g/mol. The number of ether oxygens (including phenoxy) is 4. The lowest BCUT2D eigenvalue weighted by Crippen LogP contribution is -2.55. The minimum Gasteiger partial charge on any atom is -0.496 e. The molecule has 9 nitrogen and oxygen atoms in total. The van der Waals surface area contributed by atoms with Crippen LogP contribution in [0, 0.1) is 5.92 Å². The first-order valence-electron chi connectivity index (χ1n) is 10.3. The number of ketones is 2. The van der Waals surface area contributed by atoms with Crippen LogP contribution in [0.5, 0.6) is 23.0 Å². The van der Waals surface area contributed by atoms with Gasteiger partial charge < -0.3 is 29.4 Å². The molecule has 1 aliphatic heterocycles. The minimum absolute atomic E-state index is 0.0451. The van der Waals surface area contributed by atoms with Crippen LogP contribution >= 0.6 is 11.6 Å². The van der Waals surface area contributed by atoms with Crippen molar-refractivity contribution in [3.05, 3.63) is 52.2 Å². The average Bonchev–Trinajstić information content (AvgIpc) is 3.13. The number of rotatable bonds is 6. The molecule has 0 saturated carbocycles. The van der Waals surface area contributed by atoms with Crippen molar-refractivity contribution in [3.8, 4) is 23.0 Å². The van der Waals surface area contributed by atoms with Gasteiger partial charge in [0.25, 0.3) is 0 Å². The summed E-state index contributed by atoms with van der Waals surface area (Å²) in [7, 11) is 4.27. The van der Waals surface area contributed by atoms with Gasteiger partial charge in [0.05, 0.1) is 32.6 Å². The van der Waals surface area contributed by atoms with Gasteiger partial charge in [-0.2, -0.15) is 0 Å².